The number of carbonyl (C=O) groups excluding carboxylic acids is 1. The summed E-state index contributed by atoms with van der Waals surface area (Å²) in [5, 5.41) is 3.22. The minimum Gasteiger partial charge on any atom is -0.356 e. The van der Waals surface area contributed by atoms with Crippen LogP contribution in [0.2, 0.25) is 0 Å². The number of rotatable bonds is 6. The fourth-order valence-corrected chi connectivity index (χ4v) is 5.22. The highest BCUT2D eigenvalue weighted by atomic mass is 19.1. The van der Waals surface area contributed by atoms with Crippen LogP contribution in [0.4, 0.5) is 10.3 Å². The molecule has 2 saturated heterocycles. The molecule has 1 aromatic heterocycles. The Morgan fingerprint density at radius 1 is 1.09 bits per heavy atom. The molecule has 6 nitrogen and oxygen atoms in total. The van der Waals surface area contributed by atoms with Crippen molar-refractivity contribution in [2.45, 2.75) is 39.2 Å². The second-order valence-corrected chi connectivity index (χ2v) is 9.90. The zero-order valence-corrected chi connectivity index (χ0v) is 19.9. The summed E-state index contributed by atoms with van der Waals surface area (Å²) in [6, 6.07) is 13.3. The van der Waals surface area contributed by atoms with Crippen molar-refractivity contribution >= 4 is 22.9 Å². The number of nitrogens with zero attached hydrogens (tertiary/aromatic N) is 3. The van der Waals surface area contributed by atoms with E-state index in [2.05, 4.69) is 45.2 Å². The lowest BCUT2D eigenvalue weighted by Gasteiger charge is -2.33. The van der Waals surface area contributed by atoms with Crippen molar-refractivity contribution in [3.8, 4) is 0 Å². The summed E-state index contributed by atoms with van der Waals surface area (Å²) >= 11 is 0. The maximum Gasteiger partial charge on any atom is 0.223 e. The normalized spacial score (nSPS) is 18.5. The molecular weight excluding hydrogens is 429 g/mol. The molecule has 0 unspecified atom stereocenters. The largest absolute Gasteiger partial charge is 0.356 e. The molecule has 1 amide bonds. The Bertz CT molecular complexity index is 1130. The molecule has 2 fully saturated rings. The minimum absolute atomic E-state index is 0.0732. The Balaban J connectivity index is 1.04. The summed E-state index contributed by atoms with van der Waals surface area (Å²) in [6.07, 6.45) is 3.78. The molecule has 2 N–H and O–H groups in total. The van der Waals surface area contributed by atoms with Gasteiger partial charge in [-0.2, -0.15) is 0 Å². The van der Waals surface area contributed by atoms with Gasteiger partial charge in [-0.15, -0.1) is 0 Å². The summed E-state index contributed by atoms with van der Waals surface area (Å²) < 4.78 is 13.9. The molecular formula is C27H34FN5O. The smallest absolute Gasteiger partial charge is 0.223 e. The molecule has 2 aliphatic rings. The molecule has 0 radical (unpaired) electrons. The molecule has 3 heterocycles. The van der Waals surface area contributed by atoms with E-state index in [9.17, 15) is 9.18 Å². The third kappa shape index (κ3) is 5.25. The highest BCUT2D eigenvalue weighted by Crippen LogP contribution is 2.25. The molecule has 2 aliphatic heterocycles. The van der Waals surface area contributed by atoms with E-state index in [1.54, 1.807) is 6.07 Å². The summed E-state index contributed by atoms with van der Waals surface area (Å²) in [7, 11) is 0. The van der Waals surface area contributed by atoms with Crippen LogP contribution in [-0.2, 0) is 11.3 Å². The Kier molecular flexibility index (Phi) is 6.81. The zero-order chi connectivity index (χ0) is 23.5. The lowest BCUT2D eigenvalue weighted by molar-refractivity contribution is -0.125. The molecule has 5 rings (SSSR count). The number of aromatic amines is 1. The Morgan fingerprint density at radius 3 is 2.62 bits per heavy atom. The molecule has 3 aromatic rings. The number of fused-ring (bicyclic) bond motifs is 1. The topological polar surface area (TPSA) is 64.3 Å². The van der Waals surface area contributed by atoms with E-state index in [1.165, 1.54) is 11.6 Å². The first kappa shape index (κ1) is 22.8. The first-order chi connectivity index (χ1) is 16.5. The summed E-state index contributed by atoms with van der Waals surface area (Å²) in [5.74, 6) is 1.54. The van der Waals surface area contributed by atoms with Gasteiger partial charge in [0.2, 0.25) is 11.9 Å². The first-order valence-corrected chi connectivity index (χ1v) is 12.5. The van der Waals surface area contributed by atoms with Crippen molar-refractivity contribution in [1.82, 2.24) is 20.2 Å². The van der Waals surface area contributed by atoms with Gasteiger partial charge in [-0.3, -0.25) is 9.69 Å². The number of imidazole rings is 1. The number of aromatic nitrogens is 2. The molecule has 34 heavy (non-hydrogen) atoms. The van der Waals surface area contributed by atoms with E-state index < -0.39 is 0 Å². The van der Waals surface area contributed by atoms with Crippen molar-refractivity contribution < 1.29 is 9.18 Å². The number of likely N-dealkylation sites (tertiary alicyclic amines) is 1. The average Bonchev–Trinajstić information content (AvgIpc) is 3.28. The number of carbonyl (C=O) groups is 1. The second kappa shape index (κ2) is 10.1. The van der Waals surface area contributed by atoms with Crippen LogP contribution in [0.25, 0.3) is 11.0 Å². The van der Waals surface area contributed by atoms with Gasteiger partial charge in [0.1, 0.15) is 5.82 Å². The van der Waals surface area contributed by atoms with Gasteiger partial charge < -0.3 is 15.2 Å². The van der Waals surface area contributed by atoms with Gasteiger partial charge in [-0.25, -0.2) is 9.37 Å². The number of nitrogens with one attached hydrogen (secondary N) is 2. The highest BCUT2D eigenvalue weighted by molar-refractivity contribution is 5.80. The number of aryl methyl sites for hydroxylation is 1. The van der Waals surface area contributed by atoms with Crippen molar-refractivity contribution in [2.75, 3.05) is 37.6 Å². The standard InChI is InChI=1S/C27H34FN5O/c1-19-6-7-24-25(16-19)31-27(30-24)33-14-10-21(11-15-33)26(34)29-17-20-8-12-32(13-9-20)18-22-4-2-3-5-23(22)28/h2-7,16,20-21H,8-15,17-18H2,1H3,(H,29,34)(H,30,31). The molecule has 0 saturated carbocycles. The van der Waals surface area contributed by atoms with Gasteiger partial charge >= 0.3 is 0 Å². The summed E-state index contributed by atoms with van der Waals surface area (Å²) in [6.45, 7) is 7.06. The van der Waals surface area contributed by atoms with Crippen LogP contribution in [-0.4, -0.2) is 53.5 Å². The quantitative estimate of drug-likeness (QED) is 0.574. The summed E-state index contributed by atoms with van der Waals surface area (Å²) in [4.78, 5) is 25.5. The molecule has 180 valence electrons. The fraction of sp³-hybridized carbons (Fsp3) is 0.481. The van der Waals surface area contributed by atoms with Crippen molar-refractivity contribution in [3.63, 3.8) is 0 Å². The van der Waals surface area contributed by atoms with Crippen molar-refractivity contribution in [3.05, 3.63) is 59.4 Å². The molecule has 7 heteroatoms. The molecule has 0 bridgehead atoms. The van der Waals surface area contributed by atoms with Gasteiger partial charge in [-0.1, -0.05) is 24.3 Å². The average molecular weight is 464 g/mol. The van der Waals surface area contributed by atoms with Crippen molar-refractivity contribution in [1.29, 1.82) is 0 Å². The first-order valence-electron chi connectivity index (χ1n) is 12.5. The van der Waals surface area contributed by atoms with Gasteiger partial charge in [0, 0.05) is 37.7 Å². The number of benzene rings is 2. The molecule has 2 aromatic carbocycles. The molecule has 0 spiro atoms. The third-order valence-electron chi connectivity index (χ3n) is 7.41. The SMILES string of the molecule is Cc1ccc2nc(N3CCC(C(=O)NCC4CCN(Cc5ccccc5F)CC4)CC3)[nH]c2c1. The second-order valence-electron chi connectivity index (χ2n) is 9.90. The van der Waals surface area contributed by atoms with E-state index in [4.69, 9.17) is 4.98 Å². The number of hydrogen-bond donors (Lipinski definition) is 2. The number of anilines is 1. The number of H-pyrrole nitrogens is 1. The van der Waals surface area contributed by atoms with E-state index in [1.807, 2.05) is 12.1 Å². The Labute approximate surface area is 200 Å². The van der Waals surface area contributed by atoms with E-state index >= 15 is 0 Å². The maximum atomic E-state index is 13.9. The van der Waals surface area contributed by atoms with Crippen LogP contribution in [0, 0.1) is 24.6 Å². The van der Waals surface area contributed by atoms with Gasteiger partial charge in [-0.05, 0) is 75.4 Å². The van der Waals surface area contributed by atoms with E-state index in [0.29, 0.717) is 12.5 Å². The van der Waals surface area contributed by atoms with Crippen LogP contribution in [0.5, 0.6) is 0 Å². The summed E-state index contributed by atoms with van der Waals surface area (Å²) in [5.41, 5.74) is 4.03. The van der Waals surface area contributed by atoms with Crippen LogP contribution in [0.15, 0.2) is 42.5 Å². The third-order valence-corrected chi connectivity index (χ3v) is 7.41. The van der Waals surface area contributed by atoms with Gasteiger partial charge in [0.05, 0.1) is 11.0 Å². The van der Waals surface area contributed by atoms with E-state index in [0.717, 1.165) is 81.0 Å². The van der Waals surface area contributed by atoms with Crippen LogP contribution >= 0.6 is 0 Å². The predicted octanol–water partition coefficient (Wildman–Crippen LogP) is 4.26. The van der Waals surface area contributed by atoms with Crippen LogP contribution in [0.1, 0.15) is 36.8 Å². The lowest BCUT2D eigenvalue weighted by atomic mass is 9.94. The van der Waals surface area contributed by atoms with Gasteiger partial charge in [0.25, 0.3) is 0 Å². The number of piperidine rings is 2. The Hall–Kier alpha value is -2.93. The predicted molar refractivity (Wildman–Crippen MR) is 133 cm³/mol. The number of hydrogen-bond acceptors (Lipinski definition) is 4. The molecule has 0 atom stereocenters. The zero-order valence-electron chi connectivity index (χ0n) is 19.9. The van der Waals surface area contributed by atoms with E-state index in [-0.39, 0.29) is 17.6 Å². The highest BCUT2D eigenvalue weighted by Gasteiger charge is 2.27. The van der Waals surface area contributed by atoms with Crippen LogP contribution in [0.3, 0.4) is 0 Å². The monoisotopic (exact) mass is 463 g/mol. The Morgan fingerprint density at radius 2 is 1.85 bits per heavy atom. The molecule has 0 aliphatic carbocycles. The minimum atomic E-state index is -0.127. The number of halogens is 1. The maximum absolute atomic E-state index is 13.9. The van der Waals surface area contributed by atoms with Crippen molar-refractivity contribution in [2.24, 2.45) is 11.8 Å². The van der Waals surface area contributed by atoms with Crippen LogP contribution < -0.4 is 10.2 Å². The lowest BCUT2D eigenvalue weighted by Crippen LogP contribution is -2.43. The van der Waals surface area contributed by atoms with Gasteiger partial charge in [0.15, 0.2) is 0 Å². The fourth-order valence-electron chi connectivity index (χ4n) is 5.22. The number of amides is 1.